The smallest absolute Gasteiger partial charge is 0.335 e. The Labute approximate surface area is 163 Å². The molecule has 0 aromatic rings. The van der Waals surface area contributed by atoms with Crippen LogP contribution in [-0.4, -0.2) is 111 Å². The van der Waals surface area contributed by atoms with Crippen molar-refractivity contribution >= 4 is 17.8 Å². The van der Waals surface area contributed by atoms with E-state index in [0.717, 1.165) is 32.8 Å². The minimum atomic E-state index is -1.45. The number of hydrogen-bond acceptors (Lipinski definition) is 10. The Balaban J connectivity index is 1.36. The number of hydroxylamine groups is 2. The monoisotopic (exact) mass is 404 g/mol. The summed E-state index contributed by atoms with van der Waals surface area (Å²) in [7, 11) is 0. The van der Waals surface area contributed by atoms with Gasteiger partial charge in [-0.3, -0.25) is 14.5 Å². The zero-order valence-electron chi connectivity index (χ0n) is 15.9. The van der Waals surface area contributed by atoms with Gasteiger partial charge in [-0.15, -0.1) is 0 Å². The Morgan fingerprint density at radius 3 is 2.21 bits per heavy atom. The molecule has 0 aliphatic carbocycles. The number of aliphatic hydroxyl groups excluding tert-OH is 1. The normalized spacial score (nSPS) is 20.8. The third kappa shape index (κ3) is 8.17. The molecular weight excluding hydrogens is 376 g/mol. The van der Waals surface area contributed by atoms with Crippen LogP contribution in [0.1, 0.15) is 12.8 Å². The molecule has 11 heteroatoms. The standard InChI is InChI=1S/C17H28N2O9/c20-14-13-15(21)19(17(14)23)28-16(22)1-5-24-9-11-27-12-10-26-8-4-18-2-6-25-7-3-18/h14,20H,1-13H2. The van der Waals surface area contributed by atoms with E-state index in [1.165, 1.54) is 0 Å². The number of rotatable bonds is 13. The number of imide groups is 1. The molecule has 1 N–H and O–H groups in total. The van der Waals surface area contributed by atoms with Crippen LogP contribution in [-0.2, 0) is 38.2 Å². The third-order valence-electron chi connectivity index (χ3n) is 4.12. The zero-order valence-corrected chi connectivity index (χ0v) is 15.9. The summed E-state index contributed by atoms with van der Waals surface area (Å²) in [6.45, 7) is 6.65. The largest absolute Gasteiger partial charge is 0.383 e. The second-order valence-electron chi connectivity index (χ2n) is 6.25. The average Bonchev–Trinajstić information content (AvgIpc) is 2.93. The van der Waals surface area contributed by atoms with Gasteiger partial charge in [-0.2, -0.15) is 0 Å². The fraction of sp³-hybridized carbons (Fsp3) is 0.824. The molecule has 2 amide bonds. The van der Waals surface area contributed by atoms with Gasteiger partial charge in [0.05, 0.1) is 65.7 Å². The lowest BCUT2D eigenvalue weighted by Crippen LogP contribution is -2.38. The van der Waals surface area contributed by atoms with E-state index in [1.54, 1.807) is 0 Å². The predicted octanol–water partition coefficient (Wildman–Crippen LogP) is -1.66. The summed E-state index contributed by atoms with van der Waals surface area (Å²) in [6.07, 6.45) is -1.95. The molecule has 0 bridgehead atoms. The molecule has 1 atom stereocenters. The second kappa shape index (κ2) is 12.8. The first-order valence-corrected chi connectivity index (χ1v) is 9.37. The first-order valence-electron chi connectivity index (χ1n) is 9.37. The Morgan fingerprint density at radius 2 is 1.61 bits per heavy atom. The number of morpholine rings is 1. The Hall–Kier alpha value is -1.63. The quantitative estimate of drug-likeness (QED) is 0.282. The topological polar surface area (TPSA) is 124 Å². The van der Waals surface area contributed by atoms with Gasteiger partial charge in [-0.05, 0) is 0 Å². The SMILES string of the molecule is O=C(CCOCCOCCOCCN1CCOCC1)ON1C(=O)CC(O)C1=O. The Bertz CT molecular complexity index is 511. The third-order valence-corrected chi connectivity index (χ3v) is 4.12. The minimum Gasteiger partial charge on any atom is -0.383 e. The molecular formula is C17H28N2O9. The molecule has 0 aromatic heterocycles. The molecule has 2 aliphatic heterocycles. The molecule has 28 heavy (non-hydrogen) atoms. The highest BCUT2D eigenvalue weighted by Gasteiger charge is 2.40. The van der Waals surface area contributed by atoms with E-state index in [0.29, 0.717) is 38.1 Å². The van der Waals surface area contributed by atoms with Gasteiger partial charge < -0.3 is 28.9 Å². The van der Waals surface area contributed by atoms with Crippen molar-refractivity contribution in [2.75, 3.05) is 72.5 Å². The molecule has 2 heterocycles. The van der Waals surface area contributed by atoms with Crippen molar-refractivity contribution in [1.29, 1.82) is 0 Å². The summed E-state index contributed by atoms with van der Waals surface area (Å²) in [4.78, 5) is 41.2. The van der Waals surface area contributed by atoms with E-state index in [-0.39, 0.29) is 19.4 Å². The summed E-state index contributed by atoms with van der Waals surface area (Å²) >= 11 is 0. The highest BCUT2D eigenvalue weighted by molar-refractivity contribution is 6.04. The first kappa shape index (κ1) is 22.7. The molecule has 2 rings (SSSR count). The molecule has 0 saturated carbocycles. The van der Waals surface area contributed by atoms with Crippen molar-refractivity contribution in [3.8, 4) is 0 Å². The van der Waals surface area contributed by atoms with E-state index in [2.05, 4.69) is 9.74 Å². The highest BCUT2D eigenvalue weighted by atomic mass is 16.7. The predicted molar refractivity (Wildman–Crippen MR) is 92.9 cm³/mol. The van der Waals surface area contributed by atoms with E-state index >= 15 is 0 Å². The fourth-order valence-electron chi connectivity index (χ4n) is 2.55. The van der Waals surface area contributed by atoms with Crippen molar-refractivity contribution in [2.24, 2.45) is 0 Å². The maximum absolute atomic E-state index is 11.6. The van der Waals surface area contributed by atoms with Crippen LogP contribution < -0.4 is 0 Å². The molecule has 0 spiro atoms. The van der Waals surface area contributed by atoms with Crippen molar-refractivity contribution in [1.82, 2.24) is 9.96 Å². The van der Waals surface area contributed by atoms with Gasteiger partial charge in [0, 0.05) is 19.6 Å². The van der Waals surface area contributed by atoms with E-state index < -0.39 is 23.9 Å². The highest BCUT2D eigenvalue weighted by Crippen LogP contribution is 2.13. The Morgan fingerprint density at radius 1 is 1.00 bits per heavy atom. The van der Waals surface area contributed by atoms with Gasteiger partial charge in [0.2, 0.25) is 0 Å². The van der Waals surface area contributed by atoms with Crippen LogP contribution in [0.15, 0.2) is 0 Å². The molecule has 2 saturated heterocycles. The van der Waals surface area contributed by atoms with Crippen molar-refractivity contribution in [3.05, 3.63) is 0 Å². The summed E-state index contributed by atoms with van der Waals surface area (Å²) in [5.74, 6) is -2.46. The Kier molecular flexibility index (Phi) is 10.3. The number of hydrogen-bond donors (Lipinski definition) is 1. The first-order chi connectivity index (χ1) is 13.6. The van der Waals surface area contributed by atoms with E-state index in [1.807, 2.05) is 0 Å². The van der Waals surface area contributed by atoms with Crippen molar-refractivity contribution < 1.29 is 43.3 Å². The van der Waals surface area contributed by atoms with Crippen molar-refractivity contribution in [2.45, 2.75) is 18.9 Å². The van der Waals surface area contributed by atoms with Crippen LogP contribution in [0.25, 0.3) is 0 Å². The number of carbonyl (C=O) groups excluding carboxylic acids is 3. The lowest BCUT2D eigenvalue weighted by Gasteiger charge is -2.26. The molecule has 0 radical (unpaired) electrons. The molecule has 11 nitrogen and oxygen atoms in total. The minimum absolute atomic E-state index is 0.0665. The summed E-state index contributed by atoms with van der Waals surface area (Å²) in [6, 6.07) is 0. The number of ether oxygens (including phenoxy) is 4. The van der Waals surface area contributed by atoms with Crippen LogP contribution in [0.4, 0.5) is 0 Å². The van der Waals surface area contributed by atoms with Crippen LogP contribution in [0.2, 0.25) is 0 Å². The lowest BCUT2D eigenvalue weighted by atomic mass is 10.3. The van der Waals surface area contributed by atoms with Crippen LogP contribution in [0, 0.1) is 0 Å². The van der Waals surface area contributed by atoms with Crippen LogP contribution >= 0.6 is 0 Å². The zero-order chi connectivity index (χ0) is 20.2. The lowest BCUT2D eigenvalue weighted by molar-refractivity contribution is -0.199. The second-order valence-corrected chi connectivity index (χ2v) is 6.25. The van der Waals surface area contributed by atoms with E-state index in [9.17, 15) is 19.5 Å². The molecule has 2 aliphatic rings. The van der Waals surface area contributed by atoms with Gasteiger partial charge >= 0.3 is 5.97 Å². The average molecular weight is 404 g/mol. The number of amides is 2. The number of nitrogens with zero attached hydrogens (tertiary/aromatic N) is 2. The van der Waals surface area contributed by atoms with E-state index in [4.69, 9.17) is 18.9 Å². The maximum atomic E-state index is 11.6. The number of aliphatic hydroxyl groups is 1. The van der Waals surface area contributed by atoms with Crippen LogP contribution in [0.5, 0.6) is 0 Å². The molecule has 0 aromatic carbocycles. The van der Waals surface area contributed by atoms with Gasteiger partial charge in [0.15, 0.2) is 0 Å². The number of carbonyl (C=O) groups is 3. The summed E-state index contributed by atoms with van der Waals surface area (Å²) in [5.41, 5.74) is 0. The maximum Gasteiger partial charge on any atom is 0.335 e. The molecule has 160 valence electrons. The summed E-state index contributed by atoms with van der Waals surface area (Å²) < 4.78 is 21.4. The van der Waals surface area contributed by atoms with Crippen molar-refractivity contribution in [3.63, 3.8) is 0 Å². The van der Waals surface area contributed by atoms with Gasteiger partial charge in [0.25, 0.3) is 11.8 Å². The molecule has 1 unspecified atom stereocenters. The van der Waals surface area contributed by atoms with Gasteiger partial charge in [0.1, 0.15) is 6.10 Å². The molecule has 2 fully saturated rings. The van der Waals surface area contributed by atoms with Crippen LogP contribution in [0.3, 0.4) is 0 Å². The van der Waals surface area contributed by atoms with Gasteiger partial charge in [-0.1, -0.05) is 5.06 Å². The van der Waals surface area contributed by atoms with Gasteiger partial charge in [-0.25, -0.2) is 4.79 Å². The summed E-state index contributed by atoms with van der Waals surface area (Å²) in [5, 5.41) is 9.52. The fourth-order valence-corrected chi connectivity index (χ4v) is 2.55.